The van der Waals surface area contributed by atoms with Gasteiger partial charge in [-0.05, 0) is 36.1 Å². The van der Waals surface area contributed by atoms with Crippen molar-refractivity contribution in [3.05, 3.63) is 40.6 Å². The van der Waals surface area contributed by atoms with Crippen LogP contribution in [-0.2, 0) is 6.54 Å². The number of nitrogens with zero attached hydrogens (tertiary/aromatic N) is 5. The minimum Gasteiger partial charge on any atom is -0.497 e. The van der Waals surface area contributed by atoms with E-state index in [4.69, 9.17) is 9.47 Å². The number of rotatable bonds is 5. The number of ether oxygens (including phenoxy) is 2. The first-order valence-electron chi connectivity index (χ1n) is 9.68. The quantitative estimate of drug-likeness (QED) is 0.584. The van der Waals surface area contributed by atoms with E-state index in [0.29, 0.717) is 45.0 Å². The highest BCUT2D eigenvalue weighted by atomic mass is 16.6. The van der Waals surface area contributed by atoms with Gasteiger partial charge in [0.15, 0.2) is 5.60 Å². The number of piperazine rings is 1. The summed E-state index contributed by atoms with van der Waals surface area (Å²) in [5.74, 6) is 0.672. The van der Waals surface area contributed by atoms with E-state index in [0.717, 1.165) is 5.75 Å². The summed E-state index contributed by atoms with van der Waals surface area (Å²) >= 11 is 0. The number of hydrogen-bond acceptors (Lipinski definition) is 7. The Hall–Kier alpha value is -3.34. The lowest BCUT2D eigenvalue weighted by atomic mass is 10.1. The molecule has 1 saturated heterocycles. The maximum absolute atomic E-state index is 12.5. The van der Waals surface area contributed by atoms with Crippen LogP contribution in [0.2, 0.25) is 0 Å². The number of imidazole rings is 1. The number of methoxy groups -OCH3 is 1. The Morgan fingerprint density at radius 2 is 2.00 bits per heavy atom. The van der Waals surface area contributed by atoms with Gasteiger partial charge in [-0.25, -0.2) is 4.79 Å². The third-order valence-electron chi connectivity index (χ3n) is 5.37. The number of nitrogens with one attached hydrogen (secondary N) is 1. The monoisotopic (exact) mass is 416 g/mol. The van der Waals surface area contributed by atoms with Gasteiger partial charge in [-0.15, -0.1) is 0 Å². The summed E-state index contributed by atoms with van der Waals surface area (Å²) in [5, 5.41) is 14.0. The van der Waals surface area contributed by atoms with E-state index in [1.54, 1.807) is 36.3 Å². The van der Waals surface area contributed by atoms with Crippen LogP contribution in [-0.4, -0.2) is 75.7 Å². The molecule has 2 aliphatic rings. The van der Waals surface area contributed by atoms with Gasteiger partial charge in [0.05, 0.1) is 7.11 Å². The molecule has 0 aliphatic carbocycles. The number of fused-ring (bicyclic) bond motifs is 1. The van der Waals surface area contributed by atoms with Crippen LogP contribution in [0.5, 0.6) is 11.8 Å². The molecule has 2 amide bonds. The van der Waals surface area contributed by atoms with Gasteiger partial charge in [-0.2, -0.15) is 9.55 Å². The zero-order valence-corrected chi connectivity index (χ0v) is 16.9. The molecular weight excluding hydrogens is 392 g/mol. The van der Waals surface area contributed by atoms with Gasteiger partial charge >= 0.3 is 17.9 Å². The summed E-state index contributed by atoms with van der Waals surface area (Å²) in [6.07, 6.45) is 1.22. The molecule has 1 fully saturated rings. The van der Waals surface area contributed by atoms with E-state index in [9.17, 15) is 14.9 Å². The molecule has 1 N–H and O–H groups in total. The Labute approximate surface area is 173 Å². The van der Waals surface area contributed by atoms with E-state index in [2.05, 4.69) is 15.2 Å². The molecule has 0 bridgehead atoms. The lowest BCUT2D eigenvalue weighted by molar-refractivity contribution is -0.392. The second-order valence-corrected chi connectivity index (χ2v) is 7.72. The number of anilines is 1. The summed E-state index contributed by atoms with van der Waals surface area (Å²) < 4.78 is 12.5. The van der Waals surface area contributed by atoms with Gasteiger partial charge in [0.25, 0.3) is 0 Å². The molecule has 0 radical (unpaired) electrons. The molecular formula is C19H24N6O5. The first kappa shape index (κ1) is 20.0. The minimum atomic E-state index is -0.595. The highest BCUT2D eigenvalue weighted by Gasteiger charge is 2.44. The zero-order chi connectivity index (χ0) is 21.3. The lowest BCUT2D eigenvalue weighted by Gasteiger charge is -2.37. The molecule has 2 aromatic rings. The topological polar surface area (TPSA) is 115 Å². The van der Waals surface area contributed by atoms with Gasteiger partial charge in [0.2, 0.25) is 0 Å². The standard InChI is InChI=1S/C19H24N6O5/c1-19(13-24-16(25(27)28)11-20-18(24)30-19)12-22-7-9-23(10-8-22)17(26)21-14-3-5-15(29-2)6-4-14/h3-6,11H,7-10,12-13H2,1-2H3,(H,21,26)/t19-/m0/s1. The first-order chi connectivity index (χ1) is 14.4. The number of carbonyl (C=O) groups excluding carboxylic acids is 1. The van der Waals surface area contributed by atoms with Crippen molar-refractivity contribution in [3.8, 4) is 11.8 Å². The Morgan fingerprint density at radius 1 is 1.30 bits per heavy atom. The summed E-state index contributed by atoms with van der Waals surface area (Å²) in [6, 6.07) is 7.33. The fourth-order valence-corrected chi connectivity index (χ4v) is 3.85. The lowest BCUT2D eigenvalue weighted by Crippen LogP contribution is -2.54. The molecule has 0 spiro atoms. The van der Waals surface area contributed by atoms with Crippen LogP contribution in [0.1, 0.15) is 6.92 Å². The van der Waals surface area contributed by atoms with Crippen LogP contribution in [0.25, 0.3) is 0 Å². The summed E-state index contributed by atoms with van der Waals surface area (Å²) in [5.41, 5.74) is 0.119. The third-order valence-corrected chi connectivity index (χ3v) is 5.37. The fourth-order valence-electron chi connectivity index (χ4n) is 3.85. The number of aromatic nitrogens is 2. The number of amides is 2. The molecule has 160 valence electrons. The molecule has 2 aliphatic heterocycles. The fraction of sp³-hybridized carbons (Fsp3) is 0.474. The Bertz CT molecular complexity index is 937. The van der Waals surface area contributed by atoms with Crippen LogP contribution < -0.4 is 14.8 Å². The maximum atomic E-state index is 12.5. The molecule has 11 nitrogen and oxygen atoms in total. The molecule has 4 rings (SSSR count). The Balaban J connectivity index is 1.28. The molecule has 0 unspecified atom stereocenters. The Kier molecular flexibility index (Phi) is 5.20. The molecule has 0 saturated carbocycles. The van der Waals surface area contributed by atoms with Gasteiger partial charge in [-0.3, -0.25) is 4.90 Å². The van der Waals surface area contributed by atoms with Gasteiger partial charge in [0, 0.05) is 38.4 Å². The second kappa shape index (κ2) is 7.82. The number of benzene rings is 1. The molecule has 3 heterocycles. The number of nitro groups is 1. The van der Waals surface area contributed by atoms with Gasteiger partial charge in [0.1, 0.15) is 18.5 Å². The smallest absolute Gasteiger partial charge is 0.391 e. The van der Waals surface area contributed by atoms with Crippen molar-refractivity contribution in [2.24, 2.45) is 0 Å². The van der Waals surface area contributed by atoms with Crippen LogP contribution in [0.15, 0.2) is 30.5 Å². The van der Waals surface area contributed by atoms with Crippen LogP contribution in [0, 0.1) is 10.1 Å². The molecule has 1 aromatic heterocycles. The zero-order valence-electron chi connectivity index (χ0n) is 16.9. The largest absolute Gasteiger partial charge is 0.497 e. The predicted molar refractivity (Wildman–Crippen MR) is 108 cm³/mol. The van der Waals surface area contributed by atoms with Gasteiger partial charge in [-0.1, -0.05) is 0 Å². The van der Waals surface area contributed by atoms with Crippen LogP contribution in [0.4, 0.5) is 16.3 Å². The number of urea groups is 1. The van der Waals surface area contributed by atoms with Crippen molar-refractivity contribution in [1.82, 2.24) is 19.4 Å². The van der Waals surface area contributed by atoms with Gasteiger partial charge < -0.3 is 29.8 Å². The number of hydrogen-bond donors (Lipinski definition) is 1. The van der Waals surface area contributed by atoms with Crippen molar-refractivity contribution in [3.63, 3.8) is 0 Å². The molecule has 11 heteroatoms. The van der Waals surface area contributed by atoms with E-state index >= 15 is 0 Å². The van der Waals surface area contributed by atoms with Crippen LogP contribution in [0.3, 0.4) is 0 Å². The van der Waals surface area contributed by atoms with E-state index in [1.165, 1.54) is 10.8 Å². The second-order valence-electron chi connectivity index (χ2n) is 7.72. The first-order valence-corrected chi connectivity index (χ1v) is 9.68. The molecule has 1 aromatic carbocycles. The minimum absolute atomic E-state index is 0.0613. The average molecular weight is 416 g/mol. The number of carbonyl (C=O) groups is 1. The highest BCUT2D eigenvalue weighted by Crippen LogP contribution is 2.33. The van der Waals surface area contributed by atoms with Crippen molar-refractivity contribution in [2.45, 2.75) is 19.1 Å². The summed E-state index contributed by atoms with van der Waals surface area (Å²) in [7, 11) is 1.60. The Morgan fingerprint density at radius 3 is 2.63 bits per heavy atom. The van der Waals surface area contributed by atoms with E-state index < -0.39 is 10.5 Å². The third kappa shape index (κ3) is 4.01. The maximum Gasteiger partial charge on any atom is 0.391 e. The summed E-state index contributed by atoms with van der Waals surface area (Å²) in [6.45, 7) is 5.46. The summed E-state index contributed by atoms with van der Waals surface area (Å²) in [4.78, 5) is 31.2. The van der Waals surface area contributed by atoms with Crippen molar-refractivity contribution in [2.75, 3.05) is 45.2 Å². The van der Waals surface area contributed by atoms with E-state index in [1.807, 2.05) is 6.92 Å². The van der Waals surface area contributed by atoms with Crippen molar-refractivity contribution >= 4 is 17.5 Å². The van der Waals surface area contributed by atoms with Crippen LogP contribution >= 0.6 is 0 Å². The van der Waals surface area contributed by atoms with Crippen molar-refractivity contribution in [1.29, 1.82) is 0 Å². The molecule has 1 atom stereocenters. The molecule has 30 heavy (non-hydrogen) atoms. The normalized spacial score (nSPS) is 21.1. The highest BCUT2D eigenvalue weighted by molar-refractivity contribution is 5.89. The predicted octanol–water partition coefficient (Wildman–Crippen LogP) is 1.80. The average Bonchev–Trinajstić information content (AvgIpc) is 3.25. The van der Waals surface area contributed by atoms with E-state index in [-0.39, 0.29) is 17.9 Å². The van der Waals surface area contributed by atoms with Crippen molar-refractivity contribution < 1.29 is 19.2 Å². The SMILES string of the molecule is COc1ccc(NC(=O)N2CCN(C[C@@]3(C)Cn4c([N+](=O)[O-])cnc4O3)CC2)cc1.